The molecule has 6 nitrogen and oxygen atoms in total. The van der Waals surface area contributed by atoms with Crippen molar-refractivity contribution < 1.29 is 9.59 Å². The molecule has 0 aliphatic carbocycles. The molecule has 2 heterocycles. The van der Waals surface area contributed by atoms with Crippen molar-refractivity contribution in [3.63, 3.8) is 0 Å². The molecule has 0 saturated carbocycles. The molecule has 0 unspecified atom stereocenters. The summed E-state index contributed by atoms with van der Waals surface area (Å²) in [4.78, 5) is 24.3. The average molecular weight is 222 g/mol. The van der Waals surface area contributed by atoms with Gasteiger partial charge in [-0.3, -0.25) is 4.79 Å². The number of fused-ring (bicyclic) bond motifs is 1. The summed E-state index contributed by atoms with van der Waals surface area (Å²) in [5.41, 5.74) is 6.57. The molecule has 3 amide bonds. The minimum Gasteiger partial charge on any atom is -0.366 e. The van der Waals surface area contributed by atoms with Crippen molar-refractivity contribution in [2.75, 3.05) is 13.6 Å². The number of hydrogen-bond acceptors (Lipinski definition) is 2. The lowest BCUT2D eigenvalue weighted by Crippen LogP contribution is -2.43. The van der Waals surface area contributed by atoms with E-state index in [0.717, 1.165) is 5.69 Å². The van der Waals surface area contributed by atoms with E-state index >= 15 is 0 Å². The van der Waals surface area contributed by atoms with Gasteiger partial charge in [-0.05, 0) is 6.07 Å². The second-order valence-corrected chi connectivity index (χ2v) is 3.71. The second kappa shape index (κ2) is 3.88. The number of aromatic nitrogens is 1. The topological polar surface area (TPSA) is 80.4 Å². The molecule has 1 aliphatic rings. The van der Waals surface area contributed by atoms with Gasteiger partial charge in [0.1, 0.15) is 0 Å². The first kappa shape index (κ1) is 10.5. The molecule has 1 aliphatic heterocycles. The van der Waals surface area contributed by atoms with Crippen molar-refractivity contribution in [2.24, 2.45) is 5.73 Å². The highest BCUT2D eigenvalue weighted by Gasteiger charge is 2.23. The van der Waals surface area contributed by atoms with Gasteiger partial charge in [-0.2, -0.15) is 0 Å². The van der Waals surface area contributed by atoms with Gasteiger partial charge in [-0.15, -0.1) is 0 Å². The number of hydrogen-bond donors (Lipinski definition) is 2. The Balaban J connectivity index is 2.27. The Morgan fingerprint density at radius 1 is 1.44 bits per heavy atom. The first-order chi connectivity index (χ1) is 7.63. The predicted molar refractivity (Wildman–Crippen MR) is 57.8 cm³/mol. The lowest BCUT2D eigenvalue weighted by atomic mass is 10.2. The minimum absolute atomic E-state index is 0.136. The van der Waals surface area contributed by atoms with E-state index in [1.165, 1.54) is 0 Å². The number of rotatable bonds is 1. The van der Waals surface area contributed by atoms with Gasteiger partial charge in [-0.25, -0.2) is 4.79 Å². The van der Waals surface area contributed by atoms with Gasteiger partial charge in [0.25, 0.3) is 5.91 Å². The molecule has 2 rings (SSSR count). The lowest BCUT2D eigenvalue weighted by Gasteiger charge is -2.28. The molecular weight excluding hydrogens is 208 g/mol. The Bertz CT molecular complexity index is 438. The van der Waals surface area contributed by atoms with Gasteiger partial charge < -0.3 is 20.5 Å². The van der Waals surface area contributed by atoms with Crippen LogP contribution in [0.2, 0.25) is 0 Å². The summed E-state index contributed by atoms with van der Waals surface area (Å²) in [6, 6.07) is 1.56. The van der Waals surface area contributed by atoms with Gasteiger partial charge in [0, 0.05) is 26.3 Å². The summed E-state index contributed by atoms with van der Waals surface area (Å²) in [6.07, 6.45) is 1.83. The van der Waals surface area contributed by atoms with E-state index in [-0.39, 0.29) is 6.03 Å². The summed E-state index contributed by atoms with van der Waals surface area (Å²) in [5.74, 6) is -0.451. The van der Waals surface area contributed by atoms with Gasteiger partial charge in [0.05, 0.1) is 17.8 Å². The SMILES string of the molecule is CNC(=O)N1CCn2ccc(C(N)=O)c2C1. The van der Waals surface area contributed by atoms with E-state index in [1.54, 1.807) is 18.0 Å². The van der Waals surface area contributed by atoms with Gasteiger partial charge in [0.15, 0.2) is 0 Å². The number of carbonyl (C=O) groups excluding carboxylic acids is 2. The molecular formula is C10H14N4O2. The number of carbonyl (C=O) groups is 2. The monoisotopic (exact) mass is 222 g/mol. The minimum atomic E-state index is -0.451. The zero-order valence-electron chi connectivity index (χ0n) is 9.06. The summed E-state index contributed by atoms with van der Waals surface area (Å²) in [7, 11) is 1.59. The Labute approximate surface area is 93.0 Å². The van der Waals surface area contributed by atoms with Crippen LogP contribution in [0, 0.1) is 0 Å². The largest absolute Gasteiger partial charge is 0.366 e. The van der Waals surface area contributed by atoms with Crippen molar-refractivity contribution in [3.05, 3.63) is 23.5 Å². The highest BCUT2D eigenvalue weighted by molar-refractivity contribution is 5.94. The fraction of sp³-hybridized carbons (Fsp3) is 0.400. The molecule has 0 fully saturated rings. The second-order valence-electron chi connectivity index (χ2n) is 3.71. The first-order valence-corrected chi connectivity index (χ1v) is 5.08. The molecule has 0 radical (unpaired) electrons. The Morgan fingerprint density at radius 3 is 2.81 bits per heavy atom. The molecule has 3 N–H and O–H groups in total. The summed E-state index contributed by atoms with van der Waals surface area (Å²) in [5, 5.41) is 2.57. The maximum Gasteiger partial charge on any atom is 0.317 e. The van der Waals surface area contributed by atoms with E-state index in [0.29, 0.717) is 25.2 Å². The molecule has 0 aromatic carbocycles. The smallest absolute Gasteiger partial charge is 0.317 e. The summed E-state index contributed by atoms with van der Waals surface area (Å²) >= 11 is 0. The Hall–Kier alpha value is -1.98. The average Bonchev–Trinajstić information content (AvgIpc) is 2.70. The predicted octanol–water partition coefficient (Wildman–Crippen LogP) is -0.258. The molecule has 16 heavy (non-hydrogen) atoms. The maximum absolute atomic E-state index is 11.5. The molecule has 0 bridgehead atoms. The number of amides is 3. The summed E-state index contributed by atoms with van der Waals surface area (Å²) in [6.45, 7) is 1.75. The third kappa shape index (κ3) is 1.62. The number of primary amides is 1. The van der Waals surface area contributed by atoms with Crippen molar-refractivity contribution in [1.82, 2.24) is 14.8 Å². The van der Waals surface area contributed by atoms with Crippen molar-refractivity contribution in [2.45, 2.75) is 13.1 Å². The van der Waals surface area contributed by atoms with Gasteiger partial charge in [0.2, 0.25) is 0 Å². The van der Waals surface area contributed by atoms with Crippen LogP contribution < -0.4 is 11.1 Å². The molecule has 0 saturated heterocycles. The third-order valence-corrected chi connectivity index (χ3v) is 2.80. The highest BCUT2D eigenvalue weighted by Crippen LogP contribution is 2.17. The molecule has 86 valence electrons. The quantitative estimate of drug-likeness (QED) is 0.686. The first-order valence-electron chi connectivity index (χ1n) is 5.08. The third-order valence-electron chi connectivity index (χ3n) is 2.80. The number of nitrogens with one attached hydrogen (secondary N) is 1. The zero-order chi connectivity index (χ0) is 11.7. The lowest BCUT2D eigenvalue weighted by molar-refractivity contribution is 0.0997. The normalized spacial score (nSPS) is 14.4. The van der Waals surface area contributed by atoms with Crippen LogP contribution in [0.25, 0.3) is 0 Å². The maximum atomic E-state index is 11.5. The van der Waals surface area contributed by atoms with Crippen LogP contribution in [0.3, 0.4) is 0 Å². The van der Waals surface area contributed by atoms with Crippen molar-refractivity contribution in [3.8, 4) is 0 Å². The summed E-state index contributed by atoms with van der Waals surface area (Å²) < 4.78 is 1.96. The van der Waals surface area contributed by atoms with Crippen LogP contribution in [0.5, 0.6) is 0 Å². The fourth-order valence-corrected chi connectivity index (χ4v) is 1.93. The van der Waals surface area contributed by atoms with Crippen LogP contribution >= 0.6 is 0 Å². The fourth-order valence-electron chi connectivity index (χ4n) is 1.93. The molecule has 1 aromatic rings. The number of nitrogens with two attached hydrogens (primary N) is 1. The van der Waals surface area contributed by atoms with Crippen LogP contribution in [0.1, 0.15) is 16.1 Å². The van der Waals surface area contributed by atoms with Crippen LogP contribution in [0.15, 0.2) is 12.3 Å². The van der Waals surface area contributed by atoms with Crippen molar-refractivity contribution in [1.29, 1.82) is 0 Å². The van der Waals surface area contributed by atoms with E-state index < -0.39 is 5.91 Å². The van der Waals surface area contributed by atoms with Gasteiger partial charge in [-0.1, -0.05) is 0 Å². The van der Waals surface area contributed by atoms with Crippen LogP contribution in [-0.2, 0) is 13.1 Å². The molecule has 0 spiro atoms. The standard InChI is InChI=1S/C10H14N4O2/c1-12-10(16)14-5-4-13-3-2-7(9(11)15)8(13)6-14/h2-3H,4-6H2,1H3,(H2,11,15)(H,12,16). The van der Waals surface area contributed by atoms with Crippen molar-refractivity contribution >= 4 is 11.9 Å². The van der Waals surface area contributed by atoms with E-state index in [9.17, 15) is 9.59 Å². The van der Waals surface area contributed by atoms with Crippen LogP contribution in [0.4, 0.5) is 4.79 Å². The van der Waals surface area contributed by atoms with E-state index in [4.69, 9.17) is 5.73 Å². The zero-order valence-corrected chi connectivity index (χ0v) is 9.06. The highest BCUT2D eigenvalue weighted by atomic mass is 16.2. The van der Waals surface area contributed by atoms with E-state index in [1.807, 2.05) is 10.8 Å². The number of nitrogens with zero attached hydrogens (tertiary/aromatic N) is 2. The van der Waals surface area contributed by atoms with Gasteiger partial charge >= 0.3 is 6.03 Å². The molecule has 0 atom stereocenters. The molecule has 6 heteroatoms. The Kier molecular flexibility index (Phi) is 2.55. The number of urea groups is 1. The molecule has 1 aromatic heterocycles. The Morgan fingerprint density at radius 2 is 2.19 bits per heavy atom. The van der Waals surface area contributed by atoms with Crippen LogP contribution in [-0.4, -0.2) is 35.0 Å². The van der Waals surface area contributed by atoms with E-state index in [2.05, 4.69) is 5.32 Å².